The summed E-state index contributed by atoms with van der Waals surface area (Å²) in [5.74, 6) is -0.922. The van der Waals surface area contributed by atoms with Gasteiger partial charge in [-0.15, -0.1) is 11.3 Å². The maximum absolute atomic E-state index is 10.9. The number of benzene rings is 1. The summed E-state index contributed by atoms with van der Waals surface area (Å²) in [6.07, 6.45) is 0. The zero-order chi connectivity index (χ0) is 12.6. The van der Waals surface area contributed by atoms with E-state index in [-0.39, 0.29) is 0 Å². The molecule has 0 radical (unpaired) electrons. The topological polar surface area (TPSA) is 37.3 Å². The number of hydrogen-bond acceptors (Lipinski definition) is 2. The van der Waals surface area contributed by atoms with Gasteiger partial charge in [-0.1, -0.05) is 29.3 Å². The smallest absolute Gasteiger partial charge is 0.345 e. The molecule has 0 atom stereocenters. The van der Waals surface area contributed by atoms with Crippen molar-refractivity contribution in [2.24, 2.45) is 0 Å². The Balaban J connectivity index is 2.56. The summed E-state index contributed by atoms with van der Waals surface area (Å²) in [6.45, 7) is 1.86. The highest BCUT2D eigenvalue weighted by atomic mass is 35.5. The molecule has 5 heteroatoms. The van der Waals surface area contributed by atoms with Crippen LogP contribution in [0, 0.1) is 6.92 Å². The molecule has 0 amide bonds. The van der Waals surface area contributed by atoms with E-state index in [2.05, 4.69) is 0 Å². The quantitative estimate of drug-likeness (QED) is 0.867. The van der Waals surface area contributed by atoms with E-state index in [0.29, 0.717) is 14.9 Å². The average Bonchev–Trinajstić information content (AvgIpc) is 2.61. The van der Waals surface area contributed by atoms with Crippen LogP contribution in [-0.4, -0.2) is 11.1 Å². The molecule has 0 aliphatic heterocycles. The lowest BCUT2D eigenvalue weighted by Gasteiger charge is -2.03. The number of carboxylic acids is 1. The largest absolute Gasteiger partial charge is 0.477 e. The monoisotopic (exact) mass is 286 g/mol. The summed E-state index contributed by atoms with van der Waals surface area (Å²) >= 11 is 13.1. The van der Waals surface area contributed by atoms with Crippen LogP contribution in [0.5, 0.6) is 0 Å². The van der Waals surface area contributed by atoms with E-state index >= 15 is 0 Å². The first-order valence-corrected chi connectivity index (χ1v) is 6.35. The predicted octanol–water partition coefficient (Wildman–Crippen LogP) is 4.73. The van der Waals surface area contributed by atoms with Gasteiger partial charge >= 0.3 is 5.97 Å². The van der Waals surface area contributed by atoms with Gasteiger partial charge in [-0.2, -0.15) is 0 Å². The molecule has 2 aromatic rings. The summed E-state index contributed by atoms with van der Waals surface area (Å²) in [5, 5.41) is 10.0. The van der Waals surface area contributed by atoms with Crippen molar-refractivity contribution < 1.29 is 9.90 Å². The van der Waals surface area contributed by atoms with Crippen molar-refractivity contribution in [3.8, 4) is 10.4 Å². The Morgan fingerprint density at radius 1 is 1.29 bits per heavy atom. The second-order valence-corrected chi connectivity index (χ2v) is 5.45. The first-order chi connectivity index (χ1) is 7.99. The van der Waals surface area contributed by atoms with E-state index < -0.39 is 5.97 Å². The Labute approximate surface area is 112 Å². The fourth-order valence-electron chi connectivity index (χ4n) is 1.53. The molecule has 1 aromatic carbocycles. The molecule has 1 N–H and O–H groups in total. The second-order valence-electron chi connectivity index (χ2n) is 3.55. The van der Waals surface area contributed by atoms with Crippen molar-refractivity contribution in [2.75, 3.05) is 0 Å². The van der Waals surface area contributed by atoms with E-state index in [4.69, 9.17) is 28.3 Å². The van der Waals surface area contributed by atoms with Crippen LogP contribution in [0.1, 0.15) is 15.2 Å². The third-order valence-corrected chi connectivity index (χ3v) is 4.11. The van der Waals surface area contributed by atoms with E-state index in [1.165, 1.54) is 11.3 Å². The van der Waals surface area contributed by atoms with Crippen LogP contribution >= 0.6 is 34.5 Å². The van der Waals surface area contributed by atoms with Crippen molar-refractivity contribution in [3.63, 3.8) is 0 Å². The van der Waals surface area contributed by atoms with Crippen LogP contribution in [0.15, 0.2) is 24.3 Å². The van der Waals surface area contributed by atoms with E-state index in [9.17, 15) is 4.79 Å². The Morgan fingerprint density at radius 2 is 2.00 bits per heavy atom. The first kappa shape index (κ1) is 12.4. The van der Waals surface area contributed by atoms with Crippen molar-refractivity contribution in [2.45, 2.75) is 6.92 Å². The van der Waals surface area contributed by atoms with Gasteiger partial charge < -0.3 is 5.11 Å². The molecule has 2 nitrogen and oxygen atoms in total. The summed E-state index contributed by atoms with van der Waals surface area (Å²) in [4.78, 5) is 12.1. The van der Waals surface area contributed by atoms with Gasteiger partial charge in [-0.25, -0.2) is 4.79 Å². The maximum Gasteiger partial charge on any atom is 0.345 e. The number of rotatable bonds is 2. The molecule has 0 aliphatic rings. The molecule has 0 fully saturated rings. The zero-order valence-electron chi connectivity index (χ0n) is 8.83. The predicted molar refractivity (Wildman–Crippen MR) is 71.5 cm³/mol. The number of carbonyl (C=O) groups is 1. The molecule has 0 unspecified atom stereocenters. The van der Waals surface area contributed by atoms with Crippen LogP contribution in [0.4, 0.5) is 0 Å². The van der Waals surface area contributed by atoms with Crippen molar-refractivity contribution in [1.29, 1.82) is 0 Å². The molecule has 0 saturated carbocycles. The minimum Gasteiger partial charge on any atom is -0.477 e. The summed E-state index contributed by atoms with van der Waals surface area (Å²) in [7, 11) is 0. The number of hydrogen-bond donors (Lipinski definition) is 1. The van der Waals surface area contributed by atoms with Crippen molar-refractivity contribution in [1.82, 2.24) is 0 Å². The van der Waals surface area contributed by atoms with E-state index in [1.54, 1.807) is 24.3 Å². The third-order valence-electron chi connectivity index (χ3n) is 2.30. The fourth-order valence-corrected chi connectivity index (χ4v) is 3.14. The third kappa shape index (κ3) is 2.46. The van der Waals surface area contributed by atoms with E-state index in [1.807, 2.05) is 6.92 Å². The van der Waals surface area contributed by atoms with Gasteiger partial charge in [-0.05, 0) is 30.7 Å². The highest BCUT2D eigenvalue weighted by Gasteiger charge is 2.14. The Kier molecular flexibility index (Phi) is 3.43. The Hall–Kier alpha value is -1.03. The van der Waals surface area contributed by atoms with Crippen LogP contribution in [0.2, 0.25) is 10.0 Å². The molecule has 0 saturated heterocycles. The molecule has 0 aliphatic carbocycles. The summed E-state index contributed by atoms with van der Waals surface area (Å²) in [5.41, 5.74) is 1.71. The van der Waals surface area contributed by atoms with Crippen LogP contribution in [-0.2, 0) is 0 Å². The normalized spacial score (nSPS) is 10.5. The molecule has 17 heavy (non-hydrogen) atoms. The molecule has 2 rings (SSSR count). The number of halogens is 2. The van der Waals surface area contributed by atoms with Gasteiger partial charge in [0.15, 0.2) is 0 Å². The van der Waals surface area contributed by atoms with Crippen molar-refractivity contribution >= 4 is 40.5 Å². The van der Waals surface area contributed by atoms with Crippen LogP contribution < -0.4 is 0 Å². The highest BCUT2D eigenvalue weighted by molar-refractivity contribution is 7.17. The first-order valence-electron chi connectivity index (χ1n) is 4.78. The fraction of sp³-hybridized carbons (Fsp3) is 0.0833. The Bertz CT molecular complexity index is 590. The van der Waals surface area contributed by atoms with Gasteiger partial charge in [0.2, 0.25) is 0 Å². The van der Waals surface area contributed by atoms with Gasteiger partial charge in [-0.3, -0.25) is 0 Å². The van der Waals surface area contributed by atoms with Crippen LogP contribution in [0.3, 0.4) is 0 Å². The average molecular weight is 287 g/mol. The lowest BCUT2D eigenvalue weighted by Crippen LogP contribution is -1.89. The number of aromatic carboxylic acids is 1. The SMILES string of the molecule is Cc1cc(C(=O)O)sc1-c1ccc(Cl)cc1Cl. The molecule has 0 bridgehead atoms. The molecule has 88 valence electrons. The molecule has 1 heterocycles. The lowest BCUT2D eigenvalue weighted by atomic mass is 10.1. The van der Waals surface area contributed by atoms with Gasteiger partial charge in [0.1, 0.15) is 4.88 Å². The van der Waals surface area contributed by atoms with Crippen LogP contribution in [0.25, 0.3) is 10.4 Å². The van der Waals surface area contributed by atoms with Crippen molar-refractivity contribution in [3.05, 3.63) is 44.8 Å². The zero-order valence-corrected chi connectivity index (χ0v) is 11.2. The second kappa shape index (κ2) is 4.69. The molecule has 0 spiro atoms. The van der Waals surface area contributed by atoms with Gasteiger partial charge in [0.25, 0.3) is 0 Å². The summed E-state index contributed by atoms with van der Waals surface area (Å²) in [6, 6.07) is 6.84. The number of thiophene rings is 1. The lowest BCUT2D eigenvalue weighted by molar-refractivity contribution is 0.0702. The molecule has 1 aromatic heterocycles. The minimum atomic E-state index is -0.922. The number of aryl methyl sites for hydroxylation is 1. The molecular weight excluding hydrogens is 279 g/mol. The Morgan fingerprint density at radius 3 is 2.53 bits per heavy atom. The minimum absolute atomic E-state index is 0.309. The van der Waals surface area contributed by atoms with Gasteiger partial charge in [0, 0.05) is 15.5 Å². The number of carboxylic acid groups (broad SMARTS) is 1. The summed E-state index contributed by atoms with van der Waals surface area (Å²) < 4.78 is 0. The molecular formula is C12H8Cl2O2S. The van der Waals surface area contributed by atoms with E-state index in [0.717, 1.165) is 16.0 Å². The van der Waals surface area contributed by atoms with Gasteiger partial charge in [0.05, 0.1) is 5.02 Å². The standard InChI is InChI=1S/C12H8Cl2O2S/c1-6-4-10(12(15)16)17-11(6)8-3-2-7(13)5-9(8)14/h2-5H,1H3,(H,15,16). The maximum atomic E-state index is 10.9. The highest BCUT2D eigenvalue weighted by Crippen LogP contribution is 2.37.